The molecule has 1 saturated heterocycles. The molecule has 1 N–H and O–H groups in total. The molecule has 0 spiro atoms. The van der Waals surface area contributed by atoms with Crippen LogP contribution in [0.5, 0.6) is 0 Å². The van der Waals surface area contributed by atoms with Gasteiger partial charge in [0, 0.05) is 25.6 Å². The van der Waals surface area contributed by atoms with E-state index in [2.05, 4.69) is 0 Å². The van der Waals surface area contributed by atoms with E-state index in [4.69, 9.17) is 9.47 Å². The summed E-state index contributed by atoms with van der Waals surface area (Å²) in [5.41, 5.74) is 1.45. The lowest BCUT2D eigenvalue weighted by atomic mass is 10.1. The van der Waals surface area contributed by atoms with Crippen molar-refractivity contribution in [1.29, 1.82) is 0 Å². The van der Waals surface area contributed by atoms with Gasteiger partial charge in [-0.05, 0) is 31.5 Å². The van der Waals surface area contributed by atoms with Crippen LogP contribution in [0, 0.1) is 0 Å². The molecule has 1 aromatic rings. The van der Waals surface area contributed by atoms with Crippen LogP contribution in [0.25, 0.3) is 0 Å². The molecule has 1 aliphatic heterocycles. The Morgan fingerprint density at radius 3 is 2.48 bits per heavy atom. The average molecular weight is 321 g/mol. The number of rotatable bonds is 6. The summed E-state index contributed by atoms with van der Waals surface area (Å²) in [6.45, 7) is 4.71. The molecule has 1 aromatic carbocycles. The van der Waals surface area contributed by atoms with Crippen LogP contribution < -0.4 is 0 Å². The monoisotopic (exact) mass is 321 g/mol. The highest BCUT2D eigenvalue weighted by Crippen LogP contribution is 2.23. The summed E-state index contributed by atoms with van der Waals surface area (Å²) < 4.78 is 10.7. The number of carbonyl (C=O) groups is 2. The van der Waals surface area contributed by atoms with Gasteiger partial charge in [0.15, 0.2) is 0 Å². The maximum Gasteiger partial charge on any atom is 0.326 e. The number of carbonyl (C=O) groups excluding carboxylic acids is 1. The third-order valence-corrected chi connectivity index (χ3v) is 3.93. The topological polar surface area (TPSA) is 76.1 Å². The molecule has 0 aromatic heterocycles. The van der Waals surface area contributed by atoms with Gasteiger partial charge in [-0.1, -0.05) is 12.1 Å². The highest BCUT2D eigenvalue weighted by Gasteiger charge is 2.40. The molecule has 1 aliphatic rings. The Kier molecular flexibility index (Phi) is 5.74. The van der Waals surface area contributed by atoms with Gasteiger partial charge in [-0.2, -0.15) is 0 Å². The third-order valence-electron chi connectivity index (χ3n) is 3.93. The zero-order valence-corrected chi connectivity index (χ0v) is 13.7. The van der Waals surface area contributed by atoms with Crippen molar-refractivity contribution in [3.63, 3.8) is 0 Å². The van der Waals surface area contributed by atoms with E-state index in [-0.39, 0.29) is 18.1 Å². The van der Waals surface area contributed by atoms with E-state index >= 15 is 0 Å². The van der Waals surface area contributed by atoms with E-state index in [1.165, 1.54) is 12.0 Å². The molecule has 6 heteroatoms. The zero-order valence-electron chi connectivity index (χ0n) is 13.7. The van der Waals surface area contributed by atoms with Crippen LogP contribution >= 0.6 is 0 Å². The Morgan fingerprint density at radius 2 is 1.96 bits per heavy atom. The van der Waals surface area contributed by atoms with Crippen LogP contribution in [0.2, 0.25) is 0 Å². The van der Waals surface area contributed by atoms with Gasteiger partial charge >= 0.3 is 5.97 Å². The predicted octanol–water partition coefficient (Wildman–Crippen LogP) is 1.93. The Hall–Kier alpha value is -1.92. The molecule has 126 valence electrons. The summed E-state index contributed by atoms with van der Waals surface area (Å²) in [5.74, 6) is -1.28. The molecule has 2 atom stereocenters. The largest absolute Gasteiger partial charge is 0.480 e. The van der Waals surface area contributed by atoms with Gasteiger partial charge in [-0.3, -0.25) is 4.79 Å². The molecular formula is C17H23NO5. The standard InChI is InChI=1S/C17H23NO5/c1-11(2)23-10-12-4-6-13(7-5-12)16(19)18-9-14(22-3)8-15(18)17(20)21/h4-7,11,14-15H,8-10H2,1-3H3,(H,20,21). The maximum atomic E-state index is 12.6. The van der Waals surface area contributed by atoms with Gasteiger partial charge in [0.2, 0.25) is 0 Å². The Morgan fingerprint density at radius 1 is 1.30 bits per heavy atom. The van der Waals surface area contributed by atoms with Crippen LogP contribution in [0.3, 0.4) is 0 Å². The van der Waals surface area contributed by atoms with Crippen molar-refractivity contribution in [1.82, 2.24) is 4.90 Å². The highest BCUT2D eigenvalue weighted by molar-refractivity contribution is 5.97. The van der Waals surface area contributed by atoms with Gasteiger partial charge in [-0.15, -0.1) is 0 Å². The zero-order chi connectivity index (χ0) is 17.0. The van der Waals surface area contributed by atoms with Crippen molar-refractivity contribution in [3.05, 3.63) is 35.4 Å². The van der Waals surface area contributed by atoms with Crippen molar-refractivity contribution in [2.45, 2.75) is 45.1 Å². The molecule has 1 heterocycles. The number of nitrogens with zero attached hydrogens (tertiary/aromatic N) is 1. The average Bonchev–Trinajstić information content (AvgIpc) is 2.97. The second kappa shape index (κ2) is 7.57. The second-order valence-electron chi connectivity index (χ2n) is 5.96. The van der Waals surface area contributed by atoms with E-state index < -0.39 is 12.0 Å². The molecule has 0 radical (unpaired) electrons. The van der Waals surface area contributed by atoms with Crippen molar-refractivity contribution in [3.8, 4) is 0 Å². The molecule has 0 bridgehead atoms. The molecule has 23 heavy (non-hydrogen) atoms. The smallest absolute Gasteiger partial charge is 0.326 e. The molecule has 6 nitrogen and oxygen atoms in total. The lowest BCUT2D eigenvalue weighted by molar-refractivity contribution is -0.141. The first kappa shape index (κ1) is 17.4. The van der Waals surface area contributed by atoms with E-state index in [0.717, 1.165) is 5.56 Å². The number of likely N-dealkylation sites (tertiary alicyclic amines) is 1. The summed E-state index contributed by atoms with van der Waals surface area (Å²) in [7, 11) is 1.53. The summed E-state index contributed by atoms with van der Waals surface area (Å²) >= 11 is 0. The number of methoxy groups -OCH3 is 1. The van der Waals surface area contributed by atoms with Crippen LogP contribution in [-0.4, -0.2) is 53.8 Å². The number of amides is 1. The molecule has 2 unspecified atom stereocenters. The van der Waals surface area contributed by atoms with Crippen LogP contribution in [-0.2, 0) is 20.9 Å². The van der Waals surface area contributed by atoms with Gasteiger partial charge in [0.25, 0.3) is 5.91 Å². The minimum Gasteiger partial charge on any atom is -0.480 e. The quantitative estimate of drug-likeness (QED) is 0.866. The minimum absolute atomic E-state index is 0.142. The van der Waals surface area contributed by atoms with Crippen molar-refractivity contribution in [2.75, 3.05) is 13.7 Å². The fourth-order valence-corrected chi connectivity index (χ4v) is 2.60. The first-order chi connectivity index (χ1) is 10.9. The Balaban J connectivity index is 2.08. The number of carboxylic acid groups (broad SMARTS) is 1. The van der Waals surface area contributed by atoms with E-state index in [0.29, 0.717) is 25.1 Å². The summed E-state index contributed by atoms with van der Waals surface area (Å²) in [6, 6.07) is 6.24. The predicted molar refractivity (Wildman–Crippen MR) is 84.2 cm³/mol. The molecule has 0 aliphatic carbocycles. The molecule has 2 rings (SSSR count). The maximum absolute atomic E-state index is 12.6. The van der Waals surface area contributed by atoms with E-state index in [1.807, 2.05) is 26.0 Å². The number of aliphatic carboxylic acids is 1. The van der Waals surface area contributed by atoms with Crippen molar-refractivity contribution in [2.24, 2.45) is 0 Å². The number of benzene rings is 1. The molecule has 1 amide bonds. The van der Waals surface area contributed by atoms with Gasteiger partial charge in [0.1, 0.15) is 6.04 Å². The fourth-order valence-electron chi connectivity index (χ4n) is 2.60. The van der Waals surface area contributed by atoms with E-state index in [1.54, 1.807) is 12.1 Å². The number of hydrogen-bond donors (Lipinski definition) is 1. The third kappa shape index (κ3) is 4.30. The number of hydrogen-bond acceptors (Lipinski definition) is 4. The van der Waals surface area contributed by atoms with Crippen LogP contribution in [0.15, 0.2) is 24.3 Å². The summed E-state index contributed by atoms with van der Waals surface area (Å²) in [4.78, 5) is 25.3. The van der Waals surface area contributed by atoms with E-state index in [9.17, 15) is 14.7 Å². The summed E-state index contributed by atoms with van der Waals surface area (Å²) in [6.07, 6.45) is 0.222. The lowest BCUT2D eigenvalue weighted by Gasteiger charge is -2.21. The van der Waals surface area contributed by atoms with Gasteiger partial charge < -0.3 is 19.5 Å². The van der Waals surface area contributed by atoms with Gasteiger partial charge in [0.05, 0.1) is 18.8 Å². The summed E-state index contributed by atoms with van der Waals surface area (Å²) in [5, 5.41) is 9.29. The van der Waals surface area contributed by atoms with Crippen LogP contribution in [0.1, 0.15) is 36.2 Å². The number of carboxylic acids is 1. The molecule has 1 fully saturated rings. The fraction of sp³-hybridized carbons (Fsp3) is 0.529. The van der Waals surface area contributed by atoms with Crippen molar-refractivity contribution < 1.29 is 24.2 Å². The molecule has 0 saturated carbocycles. The lowest BCUT2D eigenvalue weighted by Crippen LogP contribution is -2.40. The molecular weight excluding hydrogens is 298 g/mol. The number of ether oxygens (including phenoxy) is 2. The highest BCUT2D eigenvalue weighted by atomic mass is 16.5. The van der Waals surface area contributed by atoms with Gasteiger partial charge in [-0.25, -0.2) is 4.79 Å². The first-order valence-electron chi connectivity index (χ1n) is 7.69. The van der Waals surface area contributed by atoms with Crippen LogP contribution in [0.4, 0.5) is 0 Å². The second-order valence-corrected chi connectivity index (χ2v) is 5.96. The minimum atomic E-state index is -1.00. The first-order valence-corrected chi connectivity index (χ1v) is 7.69. The Bertz CT molecular complexity index is 555. The SMILES string of the molecule is COC1CC(C(=O)O)N(C(=O)c2ccc(COC(C)C)cc2)C1. The normalized spacial score (nSPS) is 21.0. The van der Waals surface area contributed by atoms with Crippen molar-refractivity contribution >= 4 is 11.9 Å². The Labute approximate surface area is 136 Å².